The van der Waals surface area contributed by atoms with Gasteiger partial charge in [-0.15, -0.1) is 0 Å². The van der Waals surface area contributed by atoms with Gasteiger partial charge in [0.15, 0.2) is 0 Å². The van der Waals surface area contributed by atoms with Gasteiger partial charge in [0.1, 0.15) is 17.4 Å². The molecule has 1 amide bonds. The fourth-order valence-corrected chi connectivity index (χ4v) is 3.21. The van der Waals surface area contributed by atoms with Crippen LogP contribution in [0.3, 0.4) is 0 Å². The number of amides is 1. The first-order valence-corrected chi connectivity index (χ1v) is 8.90. The number of anilines is 1. The summed E-state index contributed by atoms with van der Waals surface area (Å²) < 4.78 is 5.33. The first-order chi connectivity index (χ1) is 12.4. The topological polar surface area (TPSA) is 78.2 Å². The lowest BCUT2D eigenvalue weighted by molar-refractivity contribution is 0.0497. The molecule has 1 saturated heterocycles. The highest BCUT2D eigenvalue weighted by Gasteiger charge is 2.24. The predicted octanol–water partition coefficient (Wildman–Crippen LogP) is 3.60. The number of carbonyl (C=O) groups excluding carboxylic acids is 1. The zero-order chi connectivity index (χ0) is 18.7. The van der Waals surface area contributed by atoms with Gasteiger partial charge in [0, 0.05) is 30.2 Å². The number of aromatic nitrogens is 1. The highest BCUT2D eigenvalue weighted by molar-refractivity contribution is 5.92. The number of hydrogen-bond acceptors (Lipinski definition) is 5. The fraction of sp³-hybridized carbons (Fsp3) is 0.450. The summed E-state index contributed by atoms with van der Waals surface area (Å²) in [5.41, 5.74) is 1.79. The number of rotatable bonds is 2. The Labute approximate surface area is 153 Å². The van der Waals surface area contributed by atoms with E-state index >= 15 is 0 Å². The summed E-state index contributed by atoms with van der Waals surface area (Å²) in [6.07, 6.45) is 1.30. The van der Waals surface area contributed by atoms with E-state index in [2.05, 4.69) is 21.3 Å². The van der Waals surface area contributed by atoms with Gasteiger partial charge in [-0.1, -0.05) is 18.2 Å². The number of fused-ring (bicyclic) bond motifs is 1. The Morgan fingerprint density at radius 2 is 2.00 bits per heavy atom. The Bertz CT molecular complexity index is 843. The monoisotopic (exact) mass is 352 g/mol. The highest BCUT2D eigenvalue weighted by Crippen LogP contribution is 2.29. The molecule has 0 unspecified atom stereocenters. The molecule has 1 aromatic heterocycles. The number of para-hydroxylation sites is 1. The third kappa shape index (κ3) is 4.23. The van der Waals surface area contributed by atoms with Crippen molar-refractivity contribution in [2.24, 2.45) is 0 Å². The molecule has 6 nitrogen and oxygen atoms in total. The molecule has 0 saturated carbocycles. The summed E-state index contributed by atoms with van der Waals surface area (Å²) in [4.78, 5) is 18.6. The minimum Gasteiger partial charge on any atom is -0.444 e. The standard InChI is InChI=1S/C20H24N4O2/c1-20(2,3)26-19(25)23-14-8-10-24(11-9-14)18-12-15(13-21)22-17-7-5-4-6-16(17)18/h4-7,12,14H,8-11H2,1-3H3,(H,23,25). The average molecular weight is 352 g/mol. The number of benzene rings is 1. The SMILES string of the molecule is CC(C)(C)OC(=O)NC1CCN(c2cc(C#N)nc3ccccc23)CC1. The van der Waals surface area contributed by atoms with Crippen LogP contribution >= 0.6 is 0 Å². The van der Waals surface area contributed by atoms with Gasteiger partial charge in [-0.25, -0.2) is 9.78 Å². The van der Waals surface area contributed by atoms with E-state index in [0.717, 1.165) is 42.5 Å². The third-order valence-corrected chi connectivity index (χ3v) is 4.37. The molecular formula is C20H24N4O2. The summed E-state index contributed by atoms with van der Waals surface area (Å²) in [5, 5.41) is 13.3. The molecule has 3 rings (SSSR count). The number of carbonyl (C=O) groups is 1. The second-order valence-electron chi connectivity index (χ2n) is 7.56. The van der Waals surface area contributed by atoms with Crippen LogP contribution in [0.1, 0.15) is 39.3 Å². The molecular weight excluding hydrogens is 328 g/mol. The van der Waals surface area contributed by atoms with E-state index in [1.54, 1.807) is 0 Å². The smallest absolute Gasteiger partial charge is 0.407 e. The van der Waals surface area contributed by atoms with Crippen LogP contribution in [-0.4, -0.2) is 35.8 Å². The fourth-order valence-electron chi connectivity index (χ4n) is 3.21. The predicted molar refractivity (Wildman–Crippen MR) is 101 cm³/mol. The molecule has 6 heteroatoms. The van der Waals surface area contributed by atoms with Crippen molar-refractivity contribution in [1.82, 2.24) is 10.3 Å². The molecule has 2 aromatic rings. The Kier molecular flexibility index (Phi) is 4.99. The zero-order valence-electron chi connectivity index (χ0n) is 15.5. The molecule has 1 aliphatic heterocycles. The van der Waals surface area contributed by atoms with E-state index in [0.29, 0.717) is 5.69 Å². The van der Waals surface area contributed by atoms with Crippen molar-refractivity contribution < 1.29 is 9.53 Å². The largest absolute Gasteiger partial charge is 0.444 e. The van der Waals surface area contributed by atoms with Crippen LogP contribution in [0.25, 0.3) is 10.9 Å². The van der Waals surface area contributed by atoms with Gasteiger partial charge < -0.3 is 15.0 Å². The lowest BCUT2D eigenvalue weighted by Crippen LogP contribution is -2.46. The Balaban J connectivity index is 1.70. The lowest BCUT2D eigenvalue weighted by Gasteiger charge is -2.34. The number of nitrogens with zero attached hydrogens (tertiary/aromatic N) is 3. The number of nitrogens with one attached hydrogen (secondary N) is 1. The van der Waals surface area contributed by atoms with Crippen molar-refractivity contribution in [2.45, 2.75) is 45.3 Å². The van der Waals surface area contributed by atoms with Crippen LogP contribution in [0, 0.1) is 11.3 Å². The molecule has 2 heterocycles. The van der Waals surface area contributed by atoms with E-state index < -0.39 is 5.60 Å². The summed E-state index contributed by atoms with van der Waals surface area (Å²) in [7, 11) is 0. The van der Waals surface area contributed by atoms with Crippen LogP contribution in [0.2, 0.25) is 0 Å². The van der Waals surface area contributed by atoms with Crippen molar-refractivity contribution >= 4 is 22.7 Å². The van der Waals surface area contributed by atoms with Crippen LogP contribution in [0.4, 0.5) is 10.5 Å². The maximum atomic E-state index is 11.9. The van der Waals surface area contributed by atoms with Gasteiger partial charge >= 0.3 is 6.09 Å². The Morgan fingerprint density at radius 1 is 1.31 bits per heavy atom. The maximum Gasteiger partial charge on any atom is 0.407 e. The number of pyridine rings is 1. The minimum atomic E-state index is -0.492. The molecule has 1 aliphatic rings. The second kappa shape index (κ2) is 7.20. The maximum absolute atomic E-state index is 11.9. The molecule has 26 heavy (non-hydrogen) atoms. The molecule has 0 atom stereocenters. The summed E-state index contributed by atoms with van der Waals surface area (Å²) >= 11 is 0. The molecule has 0 aliphatic carbocycles. The lowest BCUT2D eigenvalue weighted by atomic mass is 10.0. The van der Waals surface area contributed by atoms with Crippen LogP contribution in [0.5, 0.6) is 0 Å². The van der Waals surface area contributed by atoms with Crippen molar-refractivity contribution in [3.8, 4) is 6.07 Å². The van der Waals surface area contributed by atoms with E-state index in [-0.39, 0.29) is 12.1 Å². The average Bonchev–Trinajstić information content (AvgIpc) is 2.60. The quantitative estimate of drug-likeness (QED) is 0.893. The van der Waals surface area contributed by atoms with Crippen LogP contribution < -0.4 is 10.2 Å². The molecule has 0 radical (unpaired) electrons. The molecule has 0 spiro atoms. The van der Waals surface area contributed by atoms with Crippen molar-refractivity contribution in [1.29, 1.82) is 5.26 Å². The van der Waals surface area contributed by atoms with Crippen molar-refractivity contribution in [3.05, 3.63) is 36.0 Å². The van der Waals surface area contributed by atoms with Gasteiger partial charge in [0.25, 0.3) is 0 Å². The molecule has 1 fully saturated rings. The normalized spacial score (nSPS) is 15.5. The number of piperidine rings is 1. The Hall–Kier alpha value is -2.81. The van der Waals surface area contributed by atoms with E-state index in [1.165, 1.54) is 0 Å². The highest BCUT2D eigenvalue weighted by atomic mass is 16.6. The van der Waals surface area contributed by atoms with Crippen molar-refractivity contribution in [2.75, 3.05) is 18.0 Å². The van der Waals surface area contributed by atoms with Gasteiger partial charge in [0.2, 0.25) is 0 Å². The Morgan fingerprint density at radius 3 is 2.65 bits per heavy atom. The molecule has 1 aromatic carbocycles. The van der Waals surface area contributed by atoms with Gasteiger partial charge in [-0.2, -0.15) is 5.26 Å². The first kappa shape index (κ1) is 18.0. The van der Waals surface area contributed by atoms with Crippen LogP contribution in [0.15, 0.2) is 30.3 Å². The third-order valence-electron chi connectivity index (χ3n) is 4.37. The number of alkyl carbamates (subject to hydrolysis) is 1. The van der Waals surface area contributed by atoms with E-state index in [9.17, 15) is 10.1 Å². The number of hydrogen-bond donors (Lipinski definition) is 1. The summed E-state index contributed by atoms with van der Waals surface area (Å²) in [5.74, 6) is 0. The number of ether oxygens (including phenoxy) is 1. The second-order valence-corrected chi connectivity index (χ2v) is 7.56. The number of nitriles is 1. The van der Waals surface area contributed by atoms with Gasteiger partial charge in [-0.05, 0) is 45.7 Å². The first-order valence-electron chi connectivity index (χ1n) is 8.90. The molecule has 0 bridgehead atoms. The summed E-state index contributed by atoms with van der Waals surface area (Å²) in [6.45, 7) is 7.18. The van der Waals surface area contributed by atoms with E-state index in [1.807, 2.05) is 51.1 Å². The zero-order valence-corrected chi connectivity index (χ0v) is 15.5. The minimum absolute atomic E-state index is 0.102. The molecule has 136 valence electrons. The van der Waals surface area contributed by atoms with Gasteiger partial charge in [-0.3, -0.25) is 0 Å². The van der Waals surface area contributed by atoms with E-state index in [4.69, 9.17) is 4.74 Å². The van der Waals surface area contributed by atoms with Crippen molar-refractivity contribution in [3.63, 3.8) is 0 Å². The summed E-state index contributed by atoms with van der Waals surface area (Å²) in [6, 6.07) is 12.0. The van der Waals surface area contributed by atoms with Crippen LogP contribution in [-0.2, 0) is 4.74 Å². The van der Waals surface area contributed by atoms with Gasteiger partial charge in [0.05, 0.1) is 5.52 Å². The molecule has 1 N–H and O–H groups in total.